The molecule has 0 aliphatic rings. The average molecular weight is 129 g/mol. The van der Waals surface area contributed by atoms with Crippen molar-refractivity contribution in [3.63, 3.8) is 0 Å². The summed E-state index contributed by atoms with van der Waals surface area (Å²) < 4.78 is 0. The van der Waals surface area contributed by atoms with Gasteiger partial charge in [-0.1, -0.05) is 6.92 Å². The van der Waals surface area contributed by atoms with Gasteiger partial charge < -0.3 is 5.11 Å². The van der Waals surface area contributed by atoms with E-state index in [-0.39, 0.29) is 12.1 Å². The zero-order valence-corrected chi connectivity index (χ0v) is 6.17. The lowest BCUT2D eigenvalue weighted by molar-refractivity contribution is 0.154. The molecular formula is C7H15NO. The Hall–Kier alpha value is -0.370. The zero-order valence-electron chi connectivity index (χ0n) is 6.17. The number of aliphatic hydroxyl groups excluding tert-OH is 1. The largest absolute Gasteiger partial charge is 0.393 e. The Balaban J connectivity index is 3.33. The van der Waals surface area contributed by atoms with Gasteiger partial charge in [0.15, 0.2) is 0 Å². The molecule has 2 nitrogen and oxygen atoms in total. The van der Waals surface area contributed by atoms with Crippen molar-refractivity contribution in [1.82, 2.24) is 0 Å². The highest BCUT2D eigenvalue weighted by atomic mass is 16.3. The SMILES string of the molecule is C=NC(C)C[C@@H](O)CC. The predicted molar refractivity (Wildman–Crippen MR) is 39.9 cm³/mol. The molecule has 2 atom stereocenters. The first-order chi connectivity index (χ1) is 4.20. The molecule has 1 N–H and O–H groups in total. The average Bonchev–Trinajstić information content (AvgIpc) is 1.87. The van der Waals surface area contributed by atoms with Gasteiger partial charge in [0.1, 0.15) is 0 Å². The van der Waals surface area contributed by atoms with Crippen LogP contribution in [0.15, 0.2) is 4.99 Å². The monoisotopic (exact) mass is 129 g/mol. The maximum absolute atomic E-state index is 9.07. The molecule has 0 aliphatic heterocycles. The Bertz CT molecular complexity index is 83.0. The molecule has 54 valence electrons. The molecule has 0 aromatic heterocycles. The molecule has 0 rings (SSSR count). The van der Waals surface area contributed by atoms with Crippen LogP contribution in [0.25, 0.3) is 0 Å². The van der Waals surface area contributed by atoms with Crippen molar-refractivity contribution in [3.8, 4) is 0 Å². The van der Waals surface area contributed by atoms with Gasteiger partial charge in [0.2, 0.25) is 0 Å². The van der Waals surface area contributed by atoms with Gasteiger partial charge in [-0.05, 0) is 26.5 Å². The standard InChI is InChI=1S/C7H15NO/c1-4-7(9)5-6(2)8-3/h6-7,9H,3-5H2,1-2H3/t6?,7-/m0/s1. The lowest BCUT2D eigenvalue weighted by Crippen LogP contribution is -2.11. The van der Waals surface area contributed by atoms with Crippen LogP contribution in [0, 0.1) is 0 Å². The van der Waals surface area contributed by atoms with Crippen molar-refractivity contribution in [1.29, 1.82) is 0 Å². The second-order valence-corrected chi connectivity index (χ2v) is 2.33. The summed E-state index contributed by atoms with van der Waals surface area (Å²) in [6.07, 6.45) is 1.34. The molecule has 1 unspecified atom stereocenters. The fraction of sp³-hybridized carbons (Fsp3) is 0.857. The minimum Gasteiger partial charge on any atom is -0.393 e. The van der Waals surface area contributed by atoms with Crippen LogP contribution in [0.1, 0.15) is 26.7 Å². The molecule has 2 heteroatoms. The minimum absolute atomic E-state index is 0.194. The van der Waals surface area contributed by atoms with Gasteiger partial charge in [-0.2, -0.15) is 0 Å². The van der Waals surface area contributed by atoms with Gasteiger partial charge in [0.05, 0.1) is 6.10 Å². The van der Waals surface area contributed by atoms with Gasteiger partial charge >= 0.3 is 0 Å². The van der Waals surface area contributed by atoms with Gasteiger partial charge in [0.25, 0.3) is 0 Å². The number of aliphatic imine (C=N–C) groups is 1. The molecule has 0 heterocycles. The van der Waals surface area contributed by atoms with E-state index in [0.717, 1.165) is 12.8 Å². The first-order valence-corrected chi connectivity index (χ1v) is 3.34. The number of aliphatic hydroxyl groups is 1. The molecule has 0 aromatic carbocycles. The van der Waals surface area contributed by atoms with E-state index in [2.05, 4.69) is 11.7 Å². The Kier molecular flexibility index (Phi) is 4.32. The summed E-state index contributed by atoms with van der Waals surface area (Å²) in [7, 11) is 0. The van der Waals surface area contributed by atoms with Crippen LogP contribution in [0.2, 0.25) is 0 Å². The van der Waals surface area contributed by atoms with E-state index < -0.39 is 0 Å². The van der Waals surface area contributed by atoms with Crippen LogP contribution in [0.5, 0.6) is 0 Å². The van der Waals surface area contributed by atoms with E-state index in [4.69, 9.17) is 5.11 Å². The Labute approximate surface area is 56.6 Å². The molecule has 0 radical (unpaired) electrons. The molecule has 0 spiro atoms. The quantitative estimate of drug-likeness (QED) is 0.569. The fourth-order valence-corrected chi connectivity index (χ4v) is 0.635. The van der Waals surface area contributed by atoms with Crippen molar-refractivity contribution >= 4 is 6.72 Å². The van der Waals surface area contributed by atoms with Crippen molar-refractivity contribution in [2.45, 2.75) is 38.8 Å². The predicted octanol–water partition coefficient (Wildman–Crippen LogP) is 1.24. The van der Waals surface area contributed by atoms with E-state index in [0.29, 0.717) is 0 Å². The van der Waals surface area contributed by atoms with Crippen molar-refractivity contribution in [3.05, 3.63) is 0 Å². The normalized spacial score (nSPS) is 16.8. The van der Waals surface area contributed by atoms with Crippen LogP contribution in [-0.2, 0) is 0 Å². The fourth-order valence-electron chi connectivity index (χ4n) is 0.635. The van der Waals surface area contributed by atoms with Crippen molar-refractivity contribution < 1.29 is 5.11 Å². The highest BCUT2D eigenvalue weighted by Gasteiger charge is 2.04. The van der Waals surface area contributed by atoms with Gasteiger partial charge in [-0.15, -0.1) is 0 Å². The van der Waals surface area contributed by atoms with Crippen LogP contribution >= 0.6 is 0 Å². The molecule has 0 saturated heterocycles. The molecule has 0 aliphatic carbocycles. The molecule has 0 saturated carbocycles. The zero-order chi connectivity index (χ0) is 7.28. The third-order valence-electron chi connectivity index (χ3n) is 1.40. The third-order valence-corrected chi connectivity index (χ3v) is 1.40. The summed E-state index contributed by atoms with van der Waals surface area (Å²) in [6, 6.07) is 0.194. The highest BCUT2D eigenvalue weighted by molar-refractivity contribution is 5.23. The molecule has 0 bridgehead atoms. The third kappa shape index (κ3) is 4.15. The first kappa shape index (κ1) is 8.63. The molecule has 0 aromatic rings. The molecule has 9 heavy (non-hydrogen) atoms. The van der Waals surface area contributed by atoms with Gasteiger partial charge in [-0.25, -0.2) is 0 Å². The van der Waals surface area contributed by atoms with E-state index >= 15 is 0 Å². The lowest BCUT2D eigenvalue weighted by atomic mass is 10.1. The summed E-state index contributed by atoms with van der Waals surface area (Å²) in [5.41, 5.74) is 0. The summed E-state index contributed by atoms with van der Waals surface area (Å²) in [6.45, 7) is 7.30. The first-order valence-electron chi connectivity index (χ1n) is 3.34. The van der Waals surface area contributed by atoms with E-state index in [1.165, 1.54) is 0 Å². The maximum atomic E-state index is 9.07. The summed E-state index contributed by atoms with van der Waals surface area (Å²) in [4.78, 5) is 3.77. The molecule has 0 fully saturated rings. The van der Waals surface area contributed by atoms with Crippen LogP contribution in [0.4, 0.5) is 0 Å². The van der Waals surface area contributed by atoms with Crippen LogP contribution < -0.4 is 0 Å². The summed E-state index contributed by atoms with van der Waals surface area (Å²) >= 11 is 0. The Morgan fingerprint density at radius 1 is 1.67 bits per heavy atom. The highest BCUT2D eigenvalue weighted by Crippen LogP contribution is 2.03. The van der Waals surface area contributed by atoms with E-state index in [1.54, 1.807) is 0 Å². The van der Waals surface area contributed by atoms with Crippen LogP contribution in [-0.4, -0.2) is 24.0 Å². The van der Waals surface area contributed by atoms with E-state index in [1.807, 2.05) is 13.8 Å². The number of hydrogen-bond acceptors (Lipinski definition) is 2. The summed E-state index contributed by atoms with van der Waals surface area (Å²) in [5.74, 6) is 0. The Morgan fingerprint density at radius 3 is 2.56 bits per heavy atom. The molecule has 0 amide bonds. The second-order valence-electron chi connectivity index (χ2n) is 2.33. The smallest absolute Gasteiger partial charge is 0.0557 e. The Morgan fingerprint density at radius 2 is 2.22 bits per heavy atom. The maximum Gasteiger partial charge on any atom is 0.0557 e. The van der Waals surface area contributed by atoms with E-state index in [9.17, 15) is 0 Å². The van der Waals surface area contributed by atoms with Crippen molar-refractivity contribution in [2.75, 3.05) is 0 Å². The van der Waals surface area contributed by atoms with Gasteiger partial charge in [-0.3, -0.25) is 4.99 Å². The van der Waals surface area contributed by atoms with Gasteiger partial charge in [0, 0.05) is 6.04 Å². The minimum atomic E-state index is -0.203. The van der Waals surface area contributed by atoms with Crippen LogP contribution in [0.3, 0.4) is 0 Å². The number of hydrogen-bond donors (Lipinski definition) is 1. The number of nitrogens with zero attached hydrogens (tertiary/aromatic N) is 1. The lowest BCUT2D eigenvalue weighted by Gasteiger charge is -2.09. The van der Waals surface area contributed by atoms with Crippen molar-refractivity contribution in [2.24, 2.45) is 4.99 Å². The summed E-state index contributed by atoms with van der Waals surface area (Å²) in [5, 5.41) is 9.07. The second kappa shape index (κ2) is 4.50. The number of rotatable bonds is 4. The topological polar surface area (TPSA) is 32.6 Å². The molecular weight excluding hydrogens is 114 g/mol.